The predicted molar refractivity (Wildman–Crippen MR) is 84.4 cm³/mol. The number of anilines is 1. The Labute approximate surface area is 126 Å². The fraction of sp³-hybridized carbons (Fsp3) is 0.125. The number of carbonyl (C=O) groups is 2. The van der Waals surface area contributed by atoms with Crippen molar-refractivity contribution in [3.05, 3.63) is 58.3 Å². The van der Waals surface area contributed by atoms with E-state index in [1.165, 1.54) is 11.0 Å². The number of carboxylic acids is 1. The molecule has 1 heterocycles. The van der Waals surface area contributed by atoms with Gasteiger partial charge in [-0.05, 0) is 41.6 Å². The molecule has 1 amide bonds. The molecule has 0 atom stereocenters. The van der Waals surface area contributed by atoms with E-state index in [-0.39, 0.29) is 5.91 Å². The van der Waals surface area contributed by atoms with Crippen LogP contribution in [0.25, 0.3) is 6.08 Å². The van der Waals surface area contributed by atoms with Crippen LogP contribution >= 0.6 is 11.3 Å². The van der Waals surface area contributed by atoms with Crippen LogP contribution in [-0.4, -0.2) is 17.0 Å². The predicted octanol–water partition coefficient (Wildman–Crippen LogP) is 3.42. The number of aliphatic carboxylic acids is 1. The average Bonchev–Trinajstić information content (AvgIpc) is 2.97. The molecular formula is C16H15NO3S. The summed E-state index contributed by atoms with van der Waals surface area (Å²) in [5.74, 6) is -1.05. The largest absolute Gasteiger partial charge is 0.478 e. The van der Waals surface area contributed by atoms with Crippen LogP contribution in [0, 0.1) is 0 Å². The number of carbonyl (C=O) groups excluding carboxylic acids is 1. The number of amides is 1. The summed E-state index contributed by atoms with van der Waals surface area (Å²) in [6.45, 7) is 0. The number of nitrogens with one attached hydrogen (secondary N) is 1. The van der Waals surface area contributed by atoms with Crippen molar-refractivity contribution in [3.63, 3.8) is 0 Å². The molecule has 2 rings (SSSR count). The van der Waals surface area contributed by atoms with E-state index in [9.17, 15) is 9.59 Å². The van der Waals surface area contributed by atoms with Gasteiger partial charge in [0.25, 0.3) is 0 Å². The van der Waals surface area contributed by atoms with Gasteiger partial charge in [0.2, 0.25) is 5.91 Å². The highest BCUT2D eigenvalue weighted by Crippen LogP contribution is 2.14. The van der Waals surface area contributed by atoms with Gasteiger partial charge in [0, 0.05) is 23.1 Å². The maximum absolute atomic E-state index is 11.9. The Morgan fingerprint density at radius 3 is 2.81 bits per heavy atom. The Bertz CT molecular complexity index is 647. The van der Waals surface area contributed by atoms with Crippen LogP contribution in [0.1, 0.15) is 16.9 Å². The smallest absolute Gasteiger partial charge is 0.328 e. The van der Waals surface area contributed by atoms with Crippen molar-refractivity contribution in [2.24, 2.45) is 0 Å². The minimum Gasteiger partial charge on any atom is -0.478 e. The van der Waals surface area contributed by atoms with Gasteiger partial charge in [-0.1, -0.05) is 18.2 Å². The number of carboxylic acid groups (broad SMARTS) is 1. The molecule has 0 spiro atoms. The van der Waals surface area contributed by atoms with E-state index < -0.39 is 5.97 Å². The van der Waals surface area contributed by atoms with Crippen molar-refractivity contribution >= 4 is 35.0 Å². The standard InChI is InChI=1S/C16H15NO3S/c18-15(8-7-14-5-2-10-21-14)17-13-4-1-3-12(11-13)6-9-16(19)20/h1-6,9-11H,7-8H2,(H,17,18)(H,19,20)/b9-6+. The molecule has 5 heteroatoms. The van der Waals surface area contributed by atoms with Gasteiger partial charge < -0.3 is 10.4 Å². The Balaban J connectivity index is 1.91. The minimum absolute atomic E-state index is 0.0530. The second-order valence-corrected chi connectivity index (χ2v) is 5.46. The van der Waals surface area contributed by atoms with Crippen molar-refractivity contribution in [3.8, 4) is 0 Å². The maximum atomic E-state index is 11.9. The van der Waals surface area contributed by atoms with E-state index in [0.717, 1.165) is 18.1 Å². The summed E-state index contributed by atoms with van der Waals surface area (Å²) < 4.78 is 0. The molecule has 1 aromatic heterocycles. The Kier molecular flexibility index (Phi) is 5.29. The van der Waals surface area contributed by atoms with E-state index in [2.05, 4.69) is 5.32 Å². The molecule has 108 valence electrons. The number of benzene rings is 1. The minimum atomic E-state index is -1.000. The lowest BCUT2D eigenvalue weighted by Crippen LogP contribution is -2.12. The zero-order valence-electron chi connectivity index (χ0n) is 11.3. The number of hydrogen-bond donors (Lipinski definition) is 2. The molecule has 0 saturated heterocycles. The summed E-state index contributed by atoms with van der Waals surface area (Å²) >= 11 is 1.64. The summed E-state index contributed by atoms with van der Waals surface area (Å²) in [5.41, 5.74) is 1.40. The normalized spacial score (nSPS) is 10.7. The first kappa shape index (κ1) is 15.0. The Hall–Kier alpha value is -2.40. The first-order valence-electron chi connectivity index (χ1n) is 6.47. The van der Waals surface area contributed by atoms with Gasteiger partial charge in [0.15, 0.2) is 0 Å². The van der Waals surface area contributed by atoms with E-state index >= 15 is 0 Å². The lowest BCUT2D eigenvalue weighted by molar-refractivity contribution is -0.131. The fourth-order valence-electron chi connectivity index (χ4n) is 1.80. The van der Waals surface area contributed by atoms with Crippen molar-refractivity contribution in [1.82, 2.24) is 0 Å². The number of aryl methyl sites for hydroxylation is 1. The van der Waals surface area contributed by atoms with Crippen LogP contribution in [0.2, 0.25) is 0 Å². The van der Waals surface area contributed by atoms with Crippen LogP contribution in [0.4, 0.5) is 5.69 Å². The third-order valence-corrected chi connectivity index (χ3v) is 3.70. The monoisotopic (exact) mass is 301 g/mol. The van der Waals surface area contributed by atoms with E-state index in [1.54, 1.807) is 35.6 Å². The lowest BCUT2D eigenvalue weighted by Gasteiger charge is -2.05. The van der Waals surface area contributed by atoms with Crippen LogP contribution < -0.4 is 5.32 Å². The lowest BCUT2D eigenvalue weighted by atomic mass is 10.2. The topological polar surface area (TPSA) is 66.4 Å². The highest BCUT2D eigenvalue weighted by Gasteiger charge is 2.04. The number of rotatable bonds is 6. The maximum Gasteiger partial charge on any atom is 0.328 e. The van der Waals surface area contributed by atoms with Gasteiger partial charge in [0.05, 0.1) is 0 Å². The van der Waals surface area contributed by atoms with Gasteiger partial charge in [-0.15, -0.1) is 11.3 Å². The van der Waals surface area contributed by atoms with Crippen LogP contribution in [0.3, 0.4) is 0 Å². The zero-order chi connectivity index (χ0) is 15.1. The van der Waals surface area contributed by atoms with Crippen LogP contribution in [-0.2, 0) is 16.0 Å². The Morgan fingerprint density at radius 1 is 1.24 bits per heavy atom. The van der Waals surface area contributed by atoms with E-state index in [4.69, 9.17) is 5.11 Å². The summed E-state index contributed by atoms with van der Waals surface area (Å²) in [5, 5.41) is 13.4. The summed E-state index contributed by atoms with van der Waals surface area (Å²) in [6, 6.07) is 11.0. The fourth-order valence-corrected chi connectivity index (χ4v) is 2.51. The highest BCUT2D eigenvalue weighted by atomic mass is 32.1. The van der Waals surface area contributed by atoms with Crippen molar-refractivity contribution in [1.29, 1.82) is 0 Å². The quantitative estimate of drug-likeness (QED) is 0.803. The van der Waals surface area contributed by atoms with Crippen molar-refractivity contribution < 1.29 is 14.7 Å². The average molecular weight is 301 g/mol. The molecule has 1 aromatic carbocycles. The third kappa shape index (κ3) is 5.24. The molecule has 0 unspecified atom stereocenters. The van der Waals surface area contributed by atoms with Gasteiger partial charge in [-0.25, -0.2) is 4.79 Å². The molecule has 0 radical (unpaired) electrons. The van der Waals surface area contributed by atoms with Gasteiger partial charge >= 0.3 is 5.97 Å². The SMILES string of the molecule is O=C(O)/C=C/c1cccc(NC(=O)CCc2cccs2)c1. The molecule has 0 bridgehead atoms. The molecule has 0 aliphatic rings. The van der Waals surface area contributed by atoms with Gasteiger partial charge in [-0.3, -0.25) is 4.79 Å². The first-order valence-corrected chi connectivity index (χ1v) is 7.35. The molecule has 0 fully saturated rings. The van der Waals surface area contributed by atoms with Crippen molar-refractivity contribution in [2.75, 3.05) is 5.32 Å². The molecule has 2 N–H and O–H groups in total. The van der Waals surface area contributed by atoms with E-state index in [1.807, 2.05) is 17.5 Å². The molecule has 0 saturated carbocycles. The van der Waals surface area contributed by atoms with Crippen molar-refractivity contribution in [2.45, 2.75) is 12.8 Å². The highest BCUT2D eigenvalue weighted by molar-refractivity contribution is 7.09. The second-order valence-electron chi connectivity index (χ2n) is 4.42. The second kappa shape index (κ2) is 7.40. The third-order valence-electron chi connectivity index (χ3n) is 2.77. The molecule has 0 aliphatic heterocycles. The number of thiophene rings is 1. The molecule has 2 aromatic rings. The zero-order valence-corrected chi connectivity index (χ0v) is 12.1. The van der Waals surface area contributed by atoms with Crippen LogP contribution in [0.5, 0.6) is 0 Å². The number of hydrogen-bond acceptors (Lipinski definition) is 3. The molecular weight excluding hydrogens is 286 g/mol. The van der Waals surface area contributed by atoms with Gasteiger partial charge in [-0.2, -0.15) is 0 Å². The van der Waals surface area contributed by atoms with Crippen LogP contribution in [0.15, 0.2) is 47.9 Å². The summed E-state index contributed by atoms with van der Waals surface area (Å²) in [4.78, 5) is 23.5. The first-order chi connectivity index (χ1) is 10.1. The van der Waals surface area contributed by atoms with Gasteiger partial charge in [0.1, 0.15) is 0 Å². The Morgan fingerprint density at radius 2 is 2.10 bits per heavy atom. The molecule has 0 aliphatic carbocycles. The molecule has 4 nitrogen and oxygen atoms in total. The summed E-state index contributed by atoms with van der Waals surface area (Å²) in [7, 11) is 0. The summed E-state index contributed by atoms with van der Waals surface area (Å²) in [6.07, 6.45) is 3.71. The van der Waals surface area contributed by atoms with E-state index in [0.29, 0.717) is 12.1 Å². The molecule has 21 heavy (non-hydrogen) atoms.